The van der Waals surface area contributed by atoms with Crippen molar-refractivity contribution in [2.75, 3.05) is 26.4 Å². The molecule has 0 saturated heterocycles. The molecule has 0 aliphatic heterocycles. The molecule has 0 aliphatic carbocycles. The van der Waals surface area contributed by atoms with Crippen molar-refractivity contribution in [1.82, 2.24) is 0 Å². The van der Waals surface area contributed by atoms with E-state index in [4.69, 9.17) is 32.8 Å². The highest BCUT2D eigenvalue weighted by molar-refractivity contribution is 6.52. The van der Waals surface area contributed by atoms with Crippen LogP contribution in [-0.4, -0.2) is 46.7 Å². The van der Waals surface area contributed by atoms with Gasteiger partial charge in [-0.1, -0.05) is 0 Å². The van der Waals surface area contributed by atoms with Gasteiger partial charge in [0.1, 0.15) is 0 Å². The van der Waals surface area contributed by atoms with Crippen LogP contribution in [0.15, 0.2) is 0 Å². The summed E-state index contributed by atoms with van der Waals surface area (Å²) in [6.07, 6.45) is -0.724. The molecule has 1 N–H and O–H groups in total. The Morgan fingerprint density at radius 2 is 1.28 bits per heavy atom. The summed E-state index contributed by atoms with van der Waals surface area (Å²) >= 11 is 0. The first-order valence-electron chi connectivity index (χ1n) is 5.84. The summed E-state index contributed by atoms with van der Waals surface area (Å²) in [7, 11) is -3.75. The Morgan fingerprint density at radius 3 is 1.56 bits per heavy atom. The Kier molecular flexibility index (Phi) is 10.7. The molecular formula is C9H22O8Si. The van der Waals surface area contributed by atoms with E-state index in [2.05, 4.69) is 0 Å². The monoisotopic (exact) mass is 286 g/mol. The standard InChI is InChI=1S/C9H22O8Si/c1-5-11-15-18(16-12-6-2,17-13-7-3)14-8-9(4)10/h9-10H,5-8H2,1-4H3. The van der Waals surface area contributed by atoms with E-state index in [1.165, 1.54) is 0 Å². The van der Waals surface area contributed by atoms with Crippen LogP contribution in [-0.2, 0) is 32.8 Å². The van der Waals surface area contributed by atoms with Crippen LogP contribution in [0.25, 0.3) is 0 Å². The van der Waals surface area contributed by atoms with Crippen molar-refractivity contribution in [3.63, 3.8) is 0 Å². The van der Waals surface area contributed by atoms with E-state index in [1.807, 2.05) is 0 Å². The van der Waals surface area contributed by atoms with Crippen LogP contribution >= 0.6 is 0 Å². The predicted octanol–water partition coefficient (Wildman–Crippen LogP) is 0.724. The molecule has 0 radical (unpaired) electrons. The fourth-order valence-corrected chi connectivity index (χ4v) is 2.19. The summed E-state index contributed by atoms with van der Waals surface area (Å²) in [5.74, 6) is 0. The molecule has 0 aromatic rings. The van der Waals surface area contributed by atoms with Gasteiger partial charge in [0, 0.05) is 0 Å². The molecule has 0 aromatic heterocycles. The number of aliphatic hydroxyl groups excluding tert-OH is 1. The van der Waals surface area contributed by atoms with Crippen LogP contribution in [0.5, 0.6) is 0 Å². The molecule has 0 aliphatic rings. The van der Waals surface area contributed by atoms with Gasteiger partial charge in [0.2, 0.25) is 0 Å². The number of rotatable bonds is 12. The molecule has 0 spiro atoms. The molecule has 110 valence electrons. The van der Waals surface area contributed by atoms with Crippen molar-refractivity contribution in [2.45, 2.75) is 33.8 Å². The molecule has 0 aromatic carbocycles. The summed E-state index contributed by atoms with van der Waals surface area (Å²) in [6.45, 7) is 7.41. The third-order valence-electron chi connectivity index (χ3n) is 1.34. The molecule has 8 nitrogen and oxygen atoms in total. The Hall–Kier alpha value is -0.103. The Morgan fingerprint density at radius 1 is 0.889 bits per heavy atom. The van der Waals surface area contributed by atoms with E-state index < -0.39 is 15.2 Å². The topological polar surface area (TPSA) is 84.8 Å². The highest BCUT2D eigenvalue weighted by Crippen LogP contribution is 2.14. The molecule has 0 bridgehead atoms. The van der Waals surface area contributed by atoms with Crippen molar-refractivity contribution in [1.29, 1.82) is 0 Å². The van der Waals surface area contributed by atoms with Crippen molar-refractivity contribution in [2.24, 2.45) is 0 Å². The molecule has 9 heteroatoms. The van der Waals surface area contributed by atoms with Gasteiger partial charge in [0.05, 0.1) is 32.5 Å². The van der Waals surface area contributed by atoms with Crippen LogP contribution in [0.1, 0.15) is 27.7 Å². The van der Waals surface area contributed by atoms with Crippen molar-refractivity contribution >= 4 is 9.05 Å². The van der Waals surface area contributed by atoms with Crippen LogP contribution in [0.2, 0.25) is 0 Å². The SMILES string of the molecule is CCOO[Si](OCC(C)O)(OOCC)OOCC. The second-order valence-corrected chi connectivity index (χ2v) is 4.92. The van der Waals surface area contributed by atoms with Gasteiger partial charge in [-0.05, 0) is 27.7 Å². The first-order chi connectivity index (χ1) is 8.60. The van der Waals surface area contributed by atoms with Crippen molar-refractivity contribution in [3.05, 3.63) is 0 Å². The molecular weight excluding hydrogens is 264 g/mol. The summed E-state index contributed by atoms with van der Waals surface area (Å²) in [5.41, 5.74) is 0. The van der Waals surface area contributed by atoms with Gasteiger partial charge in [-0.3, -0.25) is 0 Å². The zero-order valence-corrected chi connectivity index (χ0v) is 12.2. The second-order valence-electron chi connectivity index (χ2n) is 3.13. The van der Waals surface area contributed by atoms with Gasteiger partial charge < -0.3 is 9.53 Å². The lowest BCUT2D eigenvalue weighted by atomic mass is 10.5. The zero-order valence-electron chi connectivity index (χ0n) is 11.2. The molecule has 0 amide bonds. The van der Waals surface area contributed by atoms with Gasteiger partial charge in [0.25, 0.3) is 0 Å². The van der Waals surface area contributed by atoms with Gasteiger partial charge >= 0.3 is 9.05 Å². The normalized spacial score (nSPS) is 13.8. The third kappa shape index (κ3) is 8.08. The molecule has 0 fully saturated rings. The first kappa shape index (κ1) is 17.9. The molecule has 0 saturated carbocycles. The Labute approximate surface area is 108 Å². The number of hydrogen-bond donors (Lipinski definition) is 1. The summed E-state index contributed by atoms with van der Waals surface area (Å²) in [5, 5.41) is 9.20. The van der Waals surface area contributed by atoms with Gasteiger partial charge in [0.15, 0.2) is 0 Å². The molecule has 0 heterocycles. The smallest absolute Gasteiger partial charge is 0.391 e. The maximum Gasteiger partial charge on any atom is 0.764 e. The highest BCUT2D eigenvalue weighted by Gasteiger charge is 2.52. The quantitative estimate of drug-likeness (QED) is 0.319. The lowest BCUT2D eigenvalue weighted by Gasteiger charge is -2.24. The number of aliphatic hydroxyl groups is 1. The van der Waals surface area contributed by atoms with E-state index in [9.17, 15) is 5.11 Å². The Bertz CT molecular complexity index is 170. The number of hydrogen-bond acceptors (Lipinski definition) is 8. The van der Waals surface area contributed by atoms with E-state index in [1.54, 1.807) is 27.7 Å². The first-order valence-corrected chi connectivity index (χ1v) is 7.47. The van der Waals surface area contributed by atoms with Crippen molar-refractivity contribution < 1.29 is 37.9 Å². The summed E-state index contributed by atoms with van der Waals surface area (Å²) in [6, 6.07) is 0. The van der Waals surface area contributed by atoms with Crippen LogP contribution in [0.4, 0.5) is 0 Å². The van der Waals surface area contributed by atoms with Crippen molar-refractivity contribution in [3.8, 4) is 0 Å². The maximum absolute atomic E-state index is 9.20. The Balaban J connectivity index is 4.51. The van der Waals surface area contributed by atoms with Crippen LogP contribution in [0, 0.1) is 0 Å². The van der Waals surface area contributed by atoms with Gasteiger partial charge in [-0.15, -0.1) is 0 Å². The minimum Gasteiger partial charge on any atom is -0.391 e. The molecule has 0 rings (SSSR count). The van der Waals surface area contributed by atoms with Crippen LogP contribution in [0.3, 0.4) is 0 Å². The molecule has 1 unspecified atom stereocenters. The summed E-state index contributed by atoms with van der Waals surface area (Å²) in [4.78, 5) is 14.3. The van der Waals surface area contributed by atoms with E-state index in [0.29, 0.717) is 0 Å². The maximum atomic E-state index is 9.20. The van der Waals surface area contributed by atoms with Gasteiger partial charge in [-0.2, -0.15) is 13.7 Å². The minimum absolute atomic E-state index is 0.0700. The fourth-order valence-electron chi connectivity index (χ4n) is 0.730. The predicted molar refractivity (Wildman–Crippen MR) is 61.5 cm³/mol. The average molecular weight is 286 g/mol. The van der Waals surface area contributed by atoms with Gasteiger partial charge in [-0.25, -0.2) is 14.7 Å². The lowest BCUT2D eigenvalue weighted by Crippen LogP contribution is -2.50. The molecule has 18 heavy (non-hydrogen) atoms. The lowest BCUT2D eigenvalue weighted by molar-refractivity contribution is -0.386. The third-order valence-corrected chi connectivity index (χ3v) is 2.82. The van der Waals surface area contributed by atoms with E-state index in [-0.39, 0.29) is 26.4 Å². The summed E-state index contributed by atoms with van der Waals surface area (Å²) < 4.78 is 20.1. The molecule has 1 atom stereocenters. The fraction of sp³-hybridized carbons (Fsp3) is 1.00. The highest BCUT2D eigenvalue weighted by atomic mass is 28.4. The zero-order chi connectivity index (χ0) is 13.9. The van der Waals surface area contributed by atoms with E-state index >= 15 is 0 Å². The second kappa shape index (κ2) is 10.8. The largest absolute Gasteiger partial charge is 0.764 e. The van der Waals surface area contributed by atoms with Crippen LogP contribution < -0.4 is 0 Å². The van der Waals surface area contributed by atoms with E-state index in [0.717, 1.165) is 0 Å². The minimum atomic E-state index is -3.75. The average Bonchev–Trinajstić information content (AvgIpc) is 2.37.